The van der Waals surface area contributed by atoms with Gasteiger partial charge in [-0.05, 0) is 0 Å². The summed E-state index contributed by atoms with van der Waals surface area (Å²) in [5, 5.41) is 108. The number of amides is 5. The molecule has 0 unspecified atom stereocenters. The number of hydrogen-bond donors (Lipinski definition) is 15. The molecule has 0 heterocycles. The first-order valence-corrected chi connectivity index (χ1v) is 17.4. The van der Waals surface area contributed by atoms with Crippen LogP contribution >= 0.6 is 21.6 Å². The van der Waals surface area contributed by atoms with Crippen LogP contribution < -0.4 is 26.6 Å². The van der Waals surface area contributed by atoms with Gasteiger partial charge in [0.1, 0.15) is 67.4 Å². The number of aliphatic hydroxyl groups is 8. The zero-order valence-corrected chi connectivity index (χ0v) is 28.9. The Morgan fingerprint density at radius 3 is 1.51 bits per heavy atom. The molecule has 0 bridgehead atoms. The van der Waals surface area contributed by atoms with Gasteiger partial charge >= 0.3 is 18.0 Å². The third kappa shape index (κ3) is 17.0. The van der Waals surface area contributed by atoms with Crippen LogP contribution in [0.4, 0.5) is 4.79 Å². The van der Waals surface area contributed by atoms with Gasteiger partial charge in [0.25, 0.3) is 0 Å². The molecule has 0 saturated carbocycles. The Hall–Kier alpha value is -3.53. The molecule has 51 heavy (non-hydrogen) atoms. The van der Waals surface area contributed by atoms with Gasteiger partial charge < -0.3 is 82.4 Å². The minimum Gasteiger partial charge on any atom is -0.480 e. The molecule has 0 aromatic heterocycles. The maximum absolute atomic E-state index is 13.1. The second-order valence-corrected chi connectivity index (χ2v) is 13.0. The van der Waals surface area contributed by atoms with Gasteiger partial charge in [0.2, 0.25) is 23.6 Å². The lowest BCUT2D eigenvalue weighted by Crippen LogP contribution is -2.62. The largest absolute Gasteiger partial charge is 0.480 e. The van der Waals surface area contributed by atoms with Crippen LogP contribution in [-0.4, -0.2) is 192 Å². The van der Waals surface area contributed by atoms with Crippen molar-refractivity contribution in [1.82, 2.24) is 26.6 Å². The number of nitrogens with one attached hydrogen (secondary N) is 5. The van der Waals surface area contributed by atoms with E-state index in [4.69, 9.17) is 14.9 Å². The topological polar surface area (TPSA) is 391 Å². The van der Waals surface area contributed by atoms with Crippen molar-refractivity contribution in [3.8, 4) is 0 Å². The molecule has 294 valence electrons. The third-order valence-corrected chi connectivity index (χ3v) is 8.98. The standard InChI is InChI=1S/C26H45N5O18S2/c1-3-14(36)30-16(20(40)18(38)12(34)7-32)22(42)28-10(24(44)45)6-15(37)31-17(21(41)19(39)13(35)8-33)23(43)29-11(25(46)47)9-51-50-5-4-49-26(48)27-2/h10-13,16-21,32-35,38-41H,3-9H2,1-2H3,(H,27,48)(H,28,42)(H,29,43)(H,30,36)(H,31,37)(H,44,45)(H,46,47)/t10-,11-,12+,13+,16-,17-,18+,19+,20+,21+/m0/s1. The summed E-state index contributed by atoms with van der Waals surface area (Å²) in [6.07, 6.45) is -15.6. The molecule has 10 atom stereocenters. The van der Waals surface area contributed by atoms with Crippen molar-refractivity contribution >= 4 is 63.2 Å². The molecular formula is C26H45N5O18S2. The number of carboxylic acid groups (broad SMARTS) is 2. The lowest BCUT2D eigenvalue weighted by atomic mass is 9.99. The van der Waals surface area contributed by atoms with E-state index in [1.165, 1.54) is 14.0 Å². The van der Waals surface area contributed by atoms with Crippen LogP contribution in [0, 0.1) is 0 Å². The summed E-state index contributed by atoms with van der Waals surface area (Å²) in [5.41, 5.74) is 0. The van der Waals surface area contributed by atoms with Crippen LogP contribution in [0.15, 0.2) is 0 Å². The van der Waals surface area contributed by atoms with Crippen LogP contribution in [-0.2, 0) is 33.5 Å². The number of ether oxygens (including phenoxy) is 1. The van der Waals surface area contributed by atoms with E-state index in [0.29, 0.717) is 0 Å². The first-order chi connectivity index (χ1) is 23.9. The summed E-state index contributed by atoms with van der Waals surface area (Å²) in [7, 11) is 3.31. The van der Waals surface area contributed by atoms with Crippen molar-refractivity contribution < 1.29 is 89.4 Å². The van der Waals surface area contributed by atoms with Crippen LogP contribution in [0.1, 0.15) is 19.8 Å². The summed E-state index contributed by atoms with van der Waals surface area (Å²) in [4.78, 5) is 85.9. The fourth-order valence-electron chi connectivity index (χ4n) is 3.68. The Morgan fingerprint density at radius 1 is 0.647 bits per heavy atom. The molecule has 0 aromatic rings. The van der Waals surface area contributed by atoms with Gasteiger partial charge in [-0.1, -0.05) is 28.5 Å². The van der Waals surface area contributed by atoms with Crippen molar-refractivity contribution in [3.63, 3.8) is 0 Å². The van der Waals surface area contributed by atoms with Gasteiger partial charge in [-0.15, -0.1) is 0 Å². The molecule has 0 spiro atoms. The van der Waals surface area contributed by atoms with E-state index >= 15 is 0 Å². The Kier molecular flexibility index (Phi) is 22.9. The number of carbonyl (C=O) groups excluding carboxylic acids is 5. The van der Waals surface area contributed by atoms with Gasteiger partial charge in [0.05, 0.1) is 19.6 Å². The van der Waals surface area contributed by atoms with Gasteiger partial charge in [-0.2, -0.15) is 0 Å². The Labute approximate surface area is 297 Å². The molecule has 0 fully saturated rings. The number of aliphatic hydroxyl groups excluding tert-OH is 8. The van der Waals surface area contributed by atoms with E-state index in [1.807, 2.05) is 21.3 Å². The van der Waals surface area contributed by atoms with E-state index in [9.17, 15) is 74.4 Å². The summed E-state index contributed by atoms with van der Waals surface area (Å²) in [6, 6.07) is -8.37. The molecule has 0 rings (SSSR count). The molecule has 5 amide bonds. The third-order valence-electron chi connectivity index (χ3n) is 6.61. The van der Waals surface area contributed by atoms with Crippen molar-refractivity contribution in [3.05, 3.63) is 0 Å². The number of carbonyl (C=O) groups is 7. The van der Waals surface area contributed by atoms with E-state index < -0.39 is 122 Å². The second-order valence-electron chi connectivity index (χ2n) is 10.4. The fourth-order valence-corrected chi connectivity index (χ4v) is 5.67. The SMILES string of the molecule is CCC(=O)N[C@H](C(=O)N[C@@H](CC(=O)N[C@H](C(=O)N[C@@H](CSSCCOC(=O)NC)C(=O)O)[C@@H](O)[C@H](O)[C@H](O)CO)C(=O)O)[C@@H](O)[C@H](O)[C@H](O)CO. The number of rotatable bonds is 25. The van der Waals surface area contributed by atoms with Gasteiger partial charge in [0, 0.05) is 25.0 Å². The van der Waals surface area contributed by atoms with Crippen molar-refractivity contribution in [2.24, 2.45) is 0 Å². The summed E-state index contributed by atoms with van der Waals surface area (Å²) < 4.78 is 4.77. The smallest absolute Gasteiger partial charge is 0.406 e. The first kappa shape index (κ1) is 47.5. The van der Waals surface area contributed by atoms with Crippen LogP contribution in [0.5, 0.6) is 0 Å². The molecule has 15 N–H and O–H groups in total. The number of aliphatic carboxylic acids is 2. The Bertz CT molecular complexity index is 1170. The zero-order valence-electron chi connectivity index (χ0n) is 27.3. The maximum atomic E-state index is 13.1. The van der Waals surface area contributed by atoms with Gasteiger partial charge in [-0.25, -0.2) is 14.4 Å². The number of carboxylic acids is 2. The Balaban J connectivity index is 6.01. The highest BCUT2D eigenvalue weighted by Gasteiger charge is 2.40. The van der Waals surface area contributed by atoms with Crippen LogP contribution in [0.2, 0.25) is 0 Å². The minimum atomic E-state index is -2.45. The molecule has 25 heteroatoms. The maximum Gasteiger partial charge on any atom is 0.406 e. The molecule has 23 nitrogen and oxygen atoms in total. The van der Waals surface area contributed by atoms with E-state index in [1.54, 1.807) is 0 Å². The van der Waals surface area contributed by atoms with E-state index in [-0.39, 0.29) is 24.5 Å². The predicted molar refractivity (Wildman–Crippen MR) is 173 cm³/mol. The highest BCUT2D eigenvalue weighted by atomic mass is 33.1. The lowest BCUT2D eigenvalue weighted by Gasteiger charge is -2.30. The highest BCUT2D eigenvalue weighted by Crippen LogP contribution is 2.22. The molecule has 0 aliphatic carbocycles. The fraction of sp³-hybridized carbons (Fsp3) is 0.731. The minimum absolute atomic E-state index is 0.0476. The molecular weight excluding hydrogens is 734 g/mol. The van der Waals surface area contributed by atoms with Gasteiger partial charge in [-0.3, -0.25) is 19.2 Å². The average Bonchev–Trinajstić information content (AvgIpc) is 3.10. The molecule has 0 aliphatic heterocycles. The average molecular weight is 780 g/mol. The van der Waals surface area contributed by atoms with E-state index in [2.05, 4.69) is 5.32 Å². The highest BCUT2D eigenvalue weighted by molar-refractivity contribution is 8.76. The Morgan fingerprint density at radius 2 is 1.10 bits per heavy atom. The predicted octanol–water partition coefficient (Wildman–Crippen LogP) is -7.22. The molecule has 0 aromatic carbocycles. The summed E-state index contributed by atoms with van der Waals surface area (Å²) >= 11 is 0. The lowest BCUT2D eigenvalue weighted by molar-refractivity contribution is -0.147. The van der Waals surface area contributed by atoms with E-state index in [0.717, 1.165) is 21.6 Å². The monoisotopic (exact) mass is 779 g/mol. The zero-order chi connectivity index (χ0) is 39.4. The molecule has 0 radical (unpaired) electrons. The second kappa shape index (κ2) is 24.6. The first-order valence-electron chi connectivity index (χ1n) is 14.9. The van der Waals surface area contributed by atoms with Crippen molar-refractivity contribution in [2.75, 3.05) is 38.4 Å². The number of alkyl carbamates (subject to hydrolysis) is 1. The van der Waals surface area contributed by atoms with Crippen LogP contribution in [0.3, 0.4) is 0 Å². The molecule has 0 saturated heterocycles. The number of hydrogen-bond acceptors (Lipinski definition) is 18. The van der Waals surface area contributed by atoms with Crippen LogP contribution in [0.25, 0.3) is 0 Å². The summed E-state index contributed by atoms with van der Waals surface area (Å²) in [6.45, 7) is -0.943. The van der Waals surface area contributed by atoms with Crippen molar-refractivity contribution in [2.45, 2.75) is 80.6 Å². The molecule has 0 aliphatic rings. The summed E-state index contributed by atoms with van der Waals surface area (Å²) in [5.74, 6) is -8.90. The van der Waals surface area contributed by atoms with Gasteiger partial charge in [0.15, 0.2) is 0 Å². The quantitative estimate of drug-likeness (QED) is 0.0302. The normalized spacial score (nSPS) is 17.1. The van der Waals surface area contributed by atoms with Crippen molar-refractivity contribution in [1.29, 1.82) is 0 Å².